The Morgan fingerprint density at radius 1 is 1.24 bits per heavy atom. The van der Waals surface area contributed by atoms with E-state index in [9.17, 15) is 9.59 Å². The number of aromatic amines is 1. The summed E-state index contributed by atoms with van der Waals surface area (Å²) in [5, 5.41) is 3.59. The minimum absolute atomic E-state index is 0.111. The van der Waals surface area contributed by atoms with Gasteiger partial charge >= 0.3 is 0 Å². The Morgan fingerprint density at radius 3 is 2.85 bits per heavy atom. The van der Waals surface area contributed by atoms with Crippen molar-refractivity contribution in [3.05, 3.63) is 70.3 Å². The molecule has 174 valence electrons. The molecule has 2 aromatic carbocycles. The fraction of sp³-hybridized carbons (Fsp3) is 0.400. The van der Waals surface area contributed by atoms with E-state index in [-0.39, 0.29) is 11.5 Å². The van der Waals surface area contributed by atoms with Crippen molar-refractivity contribution in [1.29, 1.82) is 0 Å². The Hall–Kier alpha value is -3.23. The molecular weight excluding hydrogens is 418 g/mol. The lowest BCUT2D eigenvalue weighted by molar-refractivity contribution is -0.138. The molecule has 0 spiro atoms. The average molecular weight is 450 g/mol. The Labute approximate surface area is 193 Å². The first-order valence-electron chi connectivity index (χ1n) is 11.5. The second kappa shape index (κ2) is 10.6. The van der Waals surface area contributed by atoms with Crippen LogP contribution in [0.4, 0.5) is 5.69 Å². The van der Waals surface area contributed by atoms with E-state index in [0.29, 0.717) is 49.5 Å². The highest BCUT2D eigenvalue weighted by molar-refractivity contribution is 5.81. The molecule has 1 aromatic heterocycles. The van der Waals surface area contributed by atoms with E-state index in [1.54, 1.807) is 6.07 Å². The van der Waals surface area contributed by atoms with Crippen LogP contribution < -0.4 is 15.8 Å². The van der Waals surface area contributed by atoms with Gasteiger partial charge in [0.2, 0.25) is 0 Å². The van der Waals surface area contributed by atoms with Crippen molar-refractivity contribution < 1.29 is 9.53 Å². The van der Waals surface area contributed by atoms with E-state index in [0.717, 1.165) is 13.1 Å². The molecule has 1 aliphatic rings. The normalized spacial score (nSPS) is 16.6. The first-order chi connectivity index (χ1) is 16.0. The highest BCUT2D eigenvalue weighted by Crippen LogP contribution is 2.18. The summed E-state index contributed by atoms with van der Waals surface area (Å²) >= 11 is 0. The van der Waals surface area contributed by atoms with Crippen LogP contribution in [0.5, 0.6) is 0 Å². The minimum Gasteiger partial charge on any atom is -0.370 e. The van der Waals surface area contributed by atoms with E-state index in [1.807, 2.05) is 30.3 Å². The van der Waals surface area contributed by atoms with Crippen molar-refractivity contribution in [1.82, 2.24) is 20.2 Å². The largest absolute Gasteiger partial charge is 0.370 e. The third-order valence-corrected chi connectivity index (χ3v) is 6.00. The summed E-state index contributed by atoms with van der Waals surface area (Å²) in [5.74, 6) is 0.483. The van der Waals surface area contributed by atoms with Crippen LogP contribution in [0.25, 0.3) is 10.9 Å². The summed E-state index contributed by atoms with van der Waals surface area (Å²) < 4.78 is 5.73. The van der Waals surface area contributed by atoms with Gasteiger partial charge in [-0.25, -0.2) is 4.98 Å². The molecule has 1 atom stereocenters. The van der Waals surface area contributed by atoms with Crippen molar-refractivity contribution in [2.45, 2.75) is 26.5 Å². The number of ether oxygens (including phenoxy) is 1. The Bertz CT molecular complexity index is 1160. The van der Waals surface area contributed by atoms with Crippen molar-refractivity contribution in [3.63, 3.8) is 0 Å². The predicted octanol–water partition coefficient (Wildman–Crippen LogP) is 2.08. The number of likely N-dealkylation sites (N-methyl/N-ethyl adjacent to an activating group) is 1. The van der Waals surface area contributed by atoms with E-state index in [1.165, 1.54) is 11.3 Å². The van der Waals surface area contributed by atoms with Crippen LogP contribution in [0.2, 0.25) is 0 Å². The highest BCUT2D eigenvalue weighted by atomic mass is 16.5. The molecule has 0 radical (unpaired) electrons. The number of hydrogen-bond acceptors (Lipinski definition) is 6. The molecule has 0 bridgehead atoms. The van der Waals surface area contributed by atoms with E-state index >= 15 is 0 Å². The molecule has 33 heavy (non-hydrogen) atoms. The average Bonchev–Trinajstić information content (AvgIpc) is 2.82. The molecule has 0 saturated carbocycles. The Balaban J connectivity index is 1.31. The van der Waals surface area contributed by atoms with Gasteiger partial charge in [0.25, 0.3) is 11.5 Å². The lowest BCUT2D eigenvalue weighted by Crippen LogP contribution is -2.50. The maximum Gasteiger partial charge on any atom is 0.258 e. The first kappa shape index (κ1) is 22.9. The summed E-state index contributed by atoms with van der Waals surface area (Å²) in [4.78, 5) is 36.8. The standard InChI is InChI=1S/C25H31N5O3/c1-3-30(21-11-7-4-8-18(21)2)13-12-26-25(32)22-16-29(14-15-33-22)17-23-27-20-10-6-5-9-19(20)24(31)28-23/h4-11,22H,3,12-17H2,1-2H3,(H,26,32)(H,27,28,31)/t22-/m0/s1. The molecule has 1 fully saturated rings. The van der Waals surface area contributed by atoms with Crippen LogP contribution in [0.1, 0.15) is 18.3 Å². The number of carbonyl (C=O) groups excluding carboxylic acids is 1. The van der Waals surface area contributed by atoms with Gasteiger partial charge in [-0.2, -0.15) is 0 Å². The van der Waals surface area contributed by atoms with Crippen molar-refractivity contribution >= 4 is 22.5 Å². The first-order valence-corrected chi connectivity index (χ1v) is 11.5. The number of amides is 1. The molecule has 1 aliphatic heterocycles. The van der Waals surface area contributed by atoms with Gasteiger partial charge in [-0.1, -0.05) is 30.3 Å². The fourth-order valence-corrected chi connectivity index (χ4v) is 4.22. The van der Waals surface area contributed by atoms with Crippen LogP contribution in [0, 0.1) is 6.92 Å². The maximum absolute atomic E-state index is 12.7. The number of para-hydroxylation sites is 2. The molecule has 4 rings (SSSR count). The Morgan fingerprint density at radius 2 is 2.03 bits per heavy atom. The molecule has 0 unspecified atom stereocenters. The number of morpholine rings is 1. The molecule has 2 N–H and O–H groups in total. The molecule has 0 aliphatic carbocycles. The molecule has 3 aromatic rings. The predicted molar refractivity (Wildman–Crippen MR) is 129 cm³/mol. The number of benzene rings is 2. The number of carbonyl (C=O) groups is 1. The number of hydrogen-bond donors (Lipinski definition) is 2. The second-order valence-electron chi connectivity index (χ2n) is 8.28. The fourth-order valence-electron chi connectivity index (χ4n) is 4.22. The van der Waals surface area contributed by atoms with Gasteiger partial charge in [0.1, 0.15) is 11.9 Å². The zero-order chi connectivity index (χ0) is 23.2. The van der Waals surface area contributed by atoms with Crippen molar-refractivity contribution in [2.75, 3.05) is 44.2 Å². The number of aryl methyl sites for hydroxylation is 1. The lowest BCUT2D eigenvalue weighted by atomic mass is 10.2. The van der Waals surface area contributed by atoms with Crippen LogP contribution in [0.3, 0.4) is 0 Å². The molecule has 1 amide bonds. The van der Waals surface area contributed by atoms with Crippen LogP contribution in [-0.4, -0.2) is 66.2 Å². The van der Waals surface area contributed by atoms with Crippen LogP contribution in [-0.2, 0) is 16.1 Å². The van der Waals surface area contributed by atoms with Crippen LogP contribution >= 0.6 is 0 Å². The third kappa shape index (κ3) is 5.58. The molecule has 8 heteroatoms. The number of rotatable bonds is 8. The van der Waals surface area contributed by atoms with E-state index in [4.69, 9.17) is 4.74 Å². The SMILES string of the molecule is CCN(CCNC(=O)[C@@H]1CN(Cc2nc3ccccc3c(=O)[nH]2)CCO1)c1ccccc1C. The number of fused-ring (bicyclic) bond motifs is 1. The quantitative estimate of drug-likeness (QED) is 0.547. The summed E-state index contributed by atoms with van der Waals surface area (Å²) in [5.41, 5.74) is 2.93. The van der Waals surface area contributed by atoms with Crippen molar-refractivity contribution in [3.8, 4) is 0 Å². The molecule has 8 nitrogen and oxygen atoms in total. The van der Waals surface area contributed by atoms with E-state index in [2.05, 4.69) is 51.1 Å². The summed E-state index contributed by atoms with van der Waals surface area (Å²) in [6.45, 7) is 8.40. The monoisotopic (exact) mass is 449 g/mol. The van der Waals surface area contributed by atoms with Crippen LogP contribution in [0.15, 0.2) is 53.3 Å². The number of aromatic nitrogens is 2. The number of H-pyrrole nitrogens is 1. The summed E-state index contributed by atoms with van der Waals surface area (Å²) in [6, 6.07) is 15.6. The molecule has 2 heterocycles. The zero-order valence-electron chi connectivity index (χ0n) is 19.2. The van der Waals surface area contributed by atoms with Gasteiger partial charge in [0, 0.05) is 38.4 Å². The number of nitrogens with zero attached hydrogens (tertiary/aromatic N) is 3. The van der Waals surface area contributed by atoms with Gasteiger partial charge in [0.05, 0.1) is 24.1 Å². The van der Waals surface area contributed by atoms with Gasteiger partial charge in [-0.15, -0.1) is 0 Å². The highest BCUT2D eigenvalue weighted by Gasteiger charge is 2.27. The number of anilines is 1. The minimum atomic E-state index is -0.542. The van der Waals surface area contributed by atoms with E-state index < -0.39 is 6.10 Å². The second-order valence-corrected chi connectivity index (χ2v) is 8.28. The summed E-state index contributed by atoms with van der Waals surface area (Å²) in [7, 11) is 0. The smallest absolute Gasteiger partial charge is 0.258 e. The maximum atomic E-state index is 12.7. The van der Waals surface area contributed by atoms with Gasteiger partial charge < -0.3 is 19.9 Å². The van der Waals surface area contributed by atoms with Gasteiger partial charge in [-0.3, -0.25) is 14.5 Å². The molecule has 1 saturated heterocycles. The third-order valence-electron chi connectivity index (χ3n) is 6.00. The Kier molecular flexibility index (Phi) is 7.36. The summed E-state index contributed by atoms with van der Waals surface area (Å²) in [6.07, 6.45) is -0.542. The molecular formula is C25H31N5O3. The van der Waals surface area contributed by atoms with Gasteiger partial charge in [-0.05, 0) is 37.6 Å². The zero-order valence-corrected chi connectivity index (χ0v) is 19.2. The lowest BCUT2D eigenvalue weighted by Gasteiger charge is -2.32. The van der Waals surface area contributed by atoms with Crippen molar-refractivity contribution in [2.24, 2.45) is 0 Å². The van der Waals surface area contributed by atoms with Gasteiger partial charge in [0.15, 0.2) is 0 Å². The topological polar surface area (TPSA) is 90.6 Å². The number of nitrogens with one attached hydrogen (secondary N) is 2.